The highest BCUT2D eigenvalue weighted by Gasteiger charge is 2.25. The summed E-state index contributed by atoms with van der Waals surface area (Å²) in [5, 5.41) is 0. The van der Waals surface area contributed by atoms with E-state index in [4.69, 9.17) is 4.74 Å². The zero-order chi connectivity index (χ0) is 17.5. The lowest BCUT2D eigenvalue weighted by molar-refractivity contribution is -0.137. The number of esters is 1. The van der Waals surface area contributed by atoms with Crippen LogP contribution < -0.4 is 0 Å². The molecule has 1 saturated carbocycles. The average Bonchev–Trinajstić information content (AvgIpc) is 3.01. The monoisotopic (exact) mass is 334 g/mol. The molecule has 138 valence electrons. The number of carbonyl (C=O) groups is 1. The third-order valence-corrected chi connectivity index (χ3v) is 5.22. The second kappa shape index (κ2) is 14.3. The van der Waals surface area contributed by atoms with Gasteiger partial charge in [-0.15, -0.1) is 0 Å². The predicted molar refractivity (Wildman–Crippen MR) is 103 cm³/mol. The minimum absolute atomic E-state index is 0.253. The van der Waals surface area contributed by atoms with Crippen molar-refractivity contribution in [1.82, 2.24) is 0 Å². The molecule has 0 heterocycles. The van der Waals surface area contributed by atoms with Crippen molar-refractivity contribution in [1.29, 1.82) is 0 Å². The Morgan fingerprint density at radius 2 is 1.67 bits per heavy atom. The fraction of sp³-hybridized carbons (Fsp3) is 0.773. The van der Waals surface area contributed by atoms with Crippen molar-refractivity contribution in [2.75, 3.05) is 6.61 Å². The van der Waals surface area contributed by atoms with E-state index in [-0.39, 0.29) is 5.97 Å². The van der Waals surface area contributed by atoms with Gasteiger partial charge in [0.1, 0.15) is 0 Å². The number of carbonyl (C=O) groups excluding carboxylic acids is 1. The van der Waals surface area contributed by atoms with E-state index in [0.717, 1.165) is 18.3 Å². The highest BCUT2D eigenvalue weighted by Crippen LogP contribution is 2.38. The molecule has 2 nitrogen and oxygen atoms in total. The van der Waals surface area contributed by atoms with Crippen molar-refractivity contribution in [2.24, 2.45) is 11.8 Å². The van der Waals surface area contributed by atoms with Crippen molar-refractivity contribution in [3.63, 3.8) is 0 Å². The highest BCUT2D eigenvalue weighted by molar-refractivity contribution is 5.82. The average molecular weight is 335 g/mol. The first-order chi connectivity index (χ1) is 11.8. The molecule has 0 N–H and O–H groups in total. The van der Waals surface area contributed by atoms with Gasteiger partial charge in [0, 0.05) is 6.08 Å². The van der Waals surface area contributed by atoms with Gasteiger partial charge in [-0.25, -0.2) is 4.79 Å². The summed E-state index contributed by atoms with van der Waals surface area (Å²) in [5.41, 5.74) is 0. The van der Waals surface area contributed by atoms with Gasteiger partial charge >= 0.3 is 5.97 Å². The maximum atomic E-state index is 11.2. The molecule has 1 fully saturated rings. The first-order valence-electron chi connectivity index (χ1n) is 10.3. The molecule has 0 aromatic rings. The van der Waals surface area contributed by atoms with Crippen LogP contribution in [0.1, 0.15) is 90.9 Å². The molecule has 2 atom stereocenters. The van der Waals surface area contributed by atoms with Gasteiger partial charge in [0.2, 0.25) is 0 Å². The zero-order valence-electron chi connectivity index (χ0n) is 16.0. The number of hydrogen-bond donors (Lipinski definition) is 0. The molecule has 0 spiro atoms. The quantitative estimate of drug-likeness (QED) is 0.164. The molecule has 1 aliphatic rings. The molecule has 0 saturated heterocycles. The summed E-state index contributed by atoms with van der Waals surface area (Å²) in [6, 6.07) is 0. The molecule has 1 aliphatic carbocycles. The van der Waals surface area contributed by atoms with Gasteiger partial charge in [-0.1, -0.05) is 89.4 Å². The van der Waals surface area contributed by atoms with E-state index in [0.29, 0.717) is 6.61 Å². The molecule has 0 aromatic heterocycles. The standard InChI is InChI=1S/C22H38O2/c1-3-5-6-7-8-11-15-20-17-14-18-21(20)16-12-9-10-13-19-22(23)24-4-2/h9-10,13,19-21H,3-8,11-12,14-18H2,1-2H3/b10-9?,19-13+/t20-,21-/m0/s1. The van der Waals surface area contributed by atoms with Gasteiger partial charge in [-0.3, -0.25) is 0 Å². The largest absolute Gasteiger partial charge is 0.463 e. The molecule has 2 heteroatoms. The van der Waals surface area contributed by atoms with Crippen LogP contribution in [0.5, 0.6) is 0 Å². The van der Waals surface area contributed by atoms with Crippen LogP contribution in [0.2, 0.25) is 0 Å². The third-order valence-electron chi connectivity index (χ3n) is 5.22. The van der Waals surface area contributed by atoms with Gasteiger partial charge in [0.15, 0.2) is 0 Å². The van der Waals surface area contributed by atoms with Crippen molar-refractivity contribution < 1.29 is 9.53 Å². The molecular formula is C22H38O2. The van der Waals surface area contributed by atoms with Gasteiger partial charge in [-0.05, 0) is 31.6 Å². The SMILES string of the molecule is CCCCCCCC[C@H]1CCC[C@@H]1CCC=C/C=C/C(=O)OCC. The number of unbranched alkanes of at least 4 members (excludes halogenated alkanes) is 5. The molecular weight excluding hydrogens is 296 g/mol. The summed E-state index contributed by atoms with van der Waals surface area (Å²) in [6.07, 6.45) is 24.1. The van der Waals surface area contributed by atoms with E-state index in [1.165, 1.54) is 76.7 Å². The van der Waals surface area contributed by atoms with Crippen LogP contribution in [0.25, 0.3) is 0 Å². The summed E-state index contributed by atoms with van der Waals surface area (Å²) >= 11 is 0. The van der Waals surface area contributed by atoms with Gasteiger partial charge < -0.3 is 4.74 Å². The minimum atomic E-state index is -0.253. The Morgan fingerprint density at radius 3 is 2.42 bits per heavy atom. The van der Waals surface area contributed by atoms with Crippen LogP contribution in [0.3, 0.4) is 0 Å². The fourth-order valence-electron chi connectivity index (χ4n) is 3.87. The minimum Gasteiger partial charge on any atom is -0.463 e. The van der Waals surface area contributed by atoms with Crippen LogP contribution in [-0.4, -0.2) is 12.6 Å². The van der Waals surface area contributed by atoms with E-state index in [1.807, 2.05) is 13.0 Å². The number of rotatable bonds is 13. The van der Waals surface area contributed by atoms with Gasteiger partial charge in [-0.2, -0.15) is 0 Å². The molecule has 0 aliphatic heterocycles. The van der Waals surface area contributed by atoms with Crippen molar-refractivity contribution in [3.05, 3.63) is 24.3 Å². The number of allylic oxidation sites excluding steroid dienone is 3. The summed E-state index contributed by atoms with van der Waals surface area (Å²) in [5.74, 6) is 1.65. The Labute approximate surface area is 149 Å². The zero-order valence-corrected chi connectivity index (χ0v) is 16.0. The fourth-order valence-corrected chi connectivity index (χ4v) is 3.87. The van der Waals surface area contributed by atoms with Crippen LogP contribution in [0.4, 0.5) is 0 Å². The lowest BCUT2D eigenvalue weighted by Gasteiger charge is -2.18. The molecule has 0 unspecified atom stereocenters. The second-order valence-electron chi connectivity index (χ2n) is 7.12. The van der Waals surface area contributed by atoms with E-state index in [1.54, 1.807) is 6.08 Å². The smallest absolute Gasteiger partial charge is 0.330 e. The Hall–Kier alpha value is -1.05. The predicted octanol–water partition coefficient (Wildman–Crippen LogP) is 6.61. The maximum Gasteiger partial charge on any atom is 0.330 e. The molecule has 0 bridgehead atoms. The van der Waals surface area contributed by atoms with E-state index in [2.05, 4.69) is 13.0 Å². The van der Waals surface area contributed by atoms with Crippen LogP contribution >= 0.6 is 0 Å². The lowest BCUT2D eigenvalue weighted by atomic mass is 9.87. The van der Waals surface area contributed by atoms with E-state index in [9.17, 15) is 4.79 Å². The number of ether oxygens (including phenoxy) is 1. The summed E-state index contributed by atoms with van der Waals surface area (Å²) < 4.78 is 4.85. The Morgan fingerprint density at radius 1 is 0.958 bits per heavy atom. The van der Waals surface area contributed by atoms with Crippen molar-refractivity contribution >= 4 is 5.97 Å². The van der Waals surface area contributed by atoms with Crippen molar-refractivity contribution in [2.45, 2.75) is 90.9 Å². The first kappa shape index (κ1) is 21.0. The highest BCUT2D eigenvalue weighted by atomic mass is 16.5. The number of hydrogen-bond acceptors (Lipinski definition) is 2. The Bertz CT molecular complexity index is 370. The van der Waals surface area contributed by atoms with E-state index < -0.39 is 0 Å². The molecule has 1 rings (SSSR count). The Balaban J connectivity index is 2.11. The molecule has 0 aromatic carbocycles. The summed E-state index contributed by atoms with van der Waals surface area (Å²) in [7, 11) is 0. The summed E-state index contributed by atoms with van der Waals surface area (Å²) in [6.45, 7) is 4.55. The van der Waals surface area contributed by atoms with E-state index >= 15 is 0 Å². The van der Waals surface area contributed by atoms with Gasteiger partial charge in [0.05, 0.1) is 6.61 Å². The normalized spacial score (nSPS) is 21.1. The van der Waals surface area contributed by atoms with Crippen LogP contribution in [0.15, 0.2) is 24.3 Å². The molecule has 24 heavy (non-hydrogen) atoms. The van der Waals surface area contributed by atoms with Crippen molar-refractivity contribution in [3.8, 4) is 0 Å². The van der Waals surface area contributed by atoms with Gasteiger partial charge in [0.25, 0.3) is 0 Å². The first-order valence-corrected chi connectivity index (χ1v) is 10.3. The lowest BCUT2D eigenvalue weighted by Crippen LogP contribution is -2.07. The van der Waals surface area contributed by atoms with Crippen LogP contribution in [0, 0.1) is 11.8 Å². The topological polar surface area (TPSA) is 26.3 Å². The Kier molecular flexibility index (Phi) is 12.5. The molecule has 0 amide bonds. The maximum absolute atomic E-state index is 11.2. The summed E-state index contributed by atoms with van der Waals surface area (Å²) in [4.78, 5) is 11.2. The third kappa shape index (κ3) is 9.95. The second-order valence-corrected chi connectivity index (χ2v) is 7.12. The molecule has 0 radical (unpaired) electrons. The van der Waals surface area contributed by atoms with Crippen LogP contribution in [-0.2, 0) is 9.53 Å².